The third kappa shape index (κ3) is 13.2. The first kappa shape index (κ1) is 40.1. The van der Waals surface area contributed by atoms with Gasteiger partial charge in [0.25, 0.3) is 0 Å². The summed E-state index contributed by atoms with van der Waals surface area (Å²) >= 11 is 3.16. The number of aliphatic carboxylic acids is 2. The lowest BCUT2D eigenvalue weighted by Crippen LogP contribution is -2.27. The number of thioether (sulfide) groups is 2. The normalized spacial score (nSPS) is 12.2. The van der Waals surface area contributed by atoms with Crippen molar-refractivity contribution < 1.29 is 47.2 Å². The van der Waals surface area contributed by atoms with E-state index < -0.39 is 35.9 Å². The molecule has 0 saturated carbocycles. The Hall–Kier alpha value is -4.29. The molecule has 0 heterocycles. The zero-order valence-corrected chi connectivity index (χ0v) is 30.1. The molecule has 50 heavy (non-hydrogen) atoms. The van der Waals surface area contributed by atoms with Crippen molar-refractivity contribution in [1.82, 2.24) is 0 Å². The molecule has 0 amide bonds. The number of halogens is 3. The molecular formula is C38H41F3O7S2. The topological polar surface area (TPSA) is 102 Å². The summed E-state index contributed by atoms with van der Waals surface area (Å²) in [7, 11) is 1.58. The predicted molar refractivity (Wildman–Crippen MR) is 191 cm³/mol. The smallest absolute Gasteiger partial charge is 0.416 e. The van der Waals surface area contributed by atoms with Gasteiger partial charge in [-0.2, -0.15) is 13.2 Å². The van der Waals surface area contributed by atoms with Crippen molar-refractivity contribution in [3.8, 4) is 17.2 Å². The number of carboxylic acid groups (broad SMARTS) is 2. The van der Waals surface area contributed by atoms with Crippen molar-refractivity contribution in [1.29, 1.82) is 0 Å². The number of alkyl halides is 3. The van der Waals surface area contributed by atoms with E-state index in [4.69, 9.17) is 14.2 Å². The van der Waals surface area contributed by atoms with Crippen LogP contribution in [0.5, 0.6) is 17.2 Å². The molecule has 0 aliphatic heterocycles. The Bertz CT molecular complexity index is 1710. The second-order valence-corrected chi connectivity index (χ2v) is 13.7. The highest BCUT2D eigenvalue weighted by Gasteiger charge is 2.31. The standard InChI is InChI=1S/C19H19F3O3S.C19H22O4S/c1-12-6-7-17(13(2)10-12)26-9-8-16(18(23)24)25-15-5-3-4-14(11-15)19(20,21)22;1-13-4-5-14(2)18(12-13)24-11-10-17(19(20)21)23-16-8-6-15(22-3)7-9-16/h3-7,10-11,16H,8-9H2,1-2H3,(H,23,24);4-9,12,17H,10-11H2,1-3H3,(H,20,21). The number of hydrogen-bond acceptors (Lipinski definition) is 7. The van der Waals surface area contributed by atoms with Crippen LogP contribution in [0.2, 0.25) is 0 Å². The molecule has 0 aliphatic rings. The van der Waals surface area contributed by atoms with Crippen molar-refractivity contribution >= 4 is 35.5 Å². The molecule has 0 saturated heterocycles. The summed E-state index contributed by atoms with van der Waals surface area (Å²) in [6, 6.07) is 23.4. The molecule has 0 aliphatic carbocycles. The number of ether oxygens (including phenoxy) is 3. The first-order valence-corrected chi connectivity index (χ1v) is 17.6. The average Bonchev–Trinajstić information content (AvgIpc) is 3.06. The zero-order valence-electron chi connectivity index (χ0n) is 28.5. The lowest BCUT2D eigenvalue weighted by atomic mass is 10.2. The molecule has 2 N–H and O–H groups in total. The molecule has 0 bridgehead atoms. The Kier molecular flexibility index (Phi) is 15.4. The summed E-state index contributed by atoms with van der Waals surface area (Å²) in [5.74, 6) is 0.122. The fraction of sp³-hybridized carbons (Fsp3) is 0.316. The van der Waals surface area contributed by atoms with E-state index in [0.29, 0.717) is 29.4 Å². The van der Waals surface area contributed by atoms with E-state index in [9.17, 15) is 33.0 Å². The van der Waals surface area contributed by atoms with Crippen LogP contribution in [0, 0.1) is 27.7 Å². The van der Waals surface area contributed by atoms with Gasteiger partial charge >= 0.3 is 18.1 Å². The van der Waals surface area contributed by atoms with Gasteiger partial charge < -0.3 is 24.4 Å². The van der Waals surface area contributed by atoms with Crippen molar-refractivity contribution in [2.45, 2.75) is 68.7 Å². The van der Waals surface area contributed by atoms with Crippen molar-refractivity contribution in [3.05, 3.63) is 113 Å². The third-order valence-corrected chi connectivity index (χ3v) is 9.68. The molecule has 4 aromatic rings. The summed E-state index contributed by atoms with van der Waals surface area (Å²) in [6.07, 6.45) is -5.98. The summed E-state index contributed by atoms with van der Waals surface area (Å²) < 4.78 is 54.2. The van der Waals surface area contributed by atoms with Crippen LogP contribution < -0.4 is 14.2 Å². The Morgan fingerprint density at radius 3 is 1.76 bits per heavy atom. The van der Waals surface area contributed by atoms with Gasteiger partial charge in [0.2, 0.25) is 0 Å². The fourth-order valence-electron chi connectivity index (χ4n) is 4.57. The highest BCUT2D eigenvalue weighted by Crippen LogP contribution is 2.32. The van der Waals surface area contributed by atoms with E-state index in [1.807, 2.05) is 32.0 Å². The van der Waals surface area contributed by atoms with Crippen LogP contribution in [0.3, 0.4) is 0 Å². The van der Waals surface area contributed by atoms with Crippen LogP contribution in [0.25, 0.3) is 0 Å². The largest absolute Gasteiger partial charge is 0.497 e. The molecule has 2 unspecified atom stereocenters. The second kappa shape index (κ2) is 19.2. The van der Waals surface area contributed by atoms with Crippen LogP contribution in [0.4, 0.5) is 13.2 Å². The first-order valence-electron chi connectivity index (χ1n) is 15.7. The molecule has 0 spiro atoms. The zero-order chi connectivity index (χ0) is 36.8. The first-order chi connectivity index (χ1) is 23.7. The molecule has 12 heteroatoms. The van der Waals surface area contributed by atoms with Crippen molar-refractivity contribution in [2.24, 2.45) is 0 Å². The van der Waals surface area contributed by atoms with Crippen LogP contribution >= 0.6 is 23.5 Å². The van der Waals surface area contributed by atoms with E-state index in [1.54, 1.807) is 43.1 Å². The Morgan fingerprint density at radius 1 is 0.660 bits per heavy atom. The molecule has 4 aromatic carbocycles. The maximum Gasteiger partial charge on any atom is 0.416 e. The van der Waals surface area contributed by atoms with Gasteiger partial charge in [0.1, 0.15) is 17.2 Å². The number of rotatable bonds is 15. The van der Waals surface area contributed by atoms with Crippen molar-refractivity contribution in [2.75, 3.05) is 18.6 Å². The molecule has 0 fully saturated rings. The van der Waals surface area contributed by atoms with E-state index in [2.05, 4.69) is 32.0 Å². The van der Waals surface area contributed by atoms with Crippen LogP contribution in [0.1, 0.15) is 40.7 Å². The van der Waals surface area contributed by atoms with E-state index in [0.717, 1.165) is 28.2 Å². The highest BCUT2D eigenvalue weighted by atomic mass is 32.2. The molecule has 7 nitrogen and oxygen atoms in total. The quantitative estimate of drug-likeness (QED) is 0.116. The Morgan fingerprint density at radius 2 is 1.20 bits per heavy atom. The molecule has 0 radical (unpaired) electrons. The van der Waals surface area contributed by atoms with Gasteiger partial charge in [-0.15, -0.1) is 23.5 Å². The maximum atomic E-state index is 12.7. The fourth-order valence-corrected chi connectivity index (χ4v) is 6.69. The minimum atomic E-state index is -4.50. The van der Waals surface area contributed by atoms with Crippen LogP contribution in [-0.2, 0) is 15.8 Å². The number of carbonyl (C=O) groups is 2. The number of hydrogen-bond donors (Lipinski definition) is 2. The van der Waals surface area contributed by atoms with E-state index in [-0.39, 0.29) is 12.2 Å². The number of methoxy groups -OCH3 is 1. The summed E-state index contributed by atoms with van der Waals surface area (Å²) in [5, 5.41) is 18.7. The number of carboxylic acids is 2. The number of benzene rings is 4. The second-order valence-electron chi connectivity index (χ2n) is 11.4. The molecular weight excluding hydrogens is 690 g/mol. The van der Waals surface area contributed by atoms with E-state index >= 15 is 0 Å². The highest BCUT2D eigenvalue weighted by molar-refractivity contribution is 7.99. The van der Waals surface area contributed by atoms with Gasteiger partial charge in [-0.1, -0.05) is 41.5 Å². The van der Waals surface area contributed by atoms with Crippen molar-refractivity contribution in [3.63, 3.8) is 0 Å². The Balaban J connectivity index is 0.000000271. The Labute approximate surface area is 299 Å². The van der Waals surface area contributed by atoms with Gasteiger partial charge in [-0.25, -0.2) is 9.59 Å². The summed E-state index contributed by atoms with van der Waals surface area (Å²) in [6.45, 7) is 8.08. The molecule has 2 atom stereocenters. The SMILES string of the molecule is COc1ccc(OC(CCSc2cc(C)ccc2C)C(=O)O)cc1.Cc1ccc(SCCC(Oc2cccc(C(F)(F)F)c2)C(=O)O)c(C)c1. The van der Waals surface area contributed by atoms with E-state index in [1.165, 1.54) is 39.9 Å². The predicted octanol–water partition coefficient (Wildman–Crippen LogP) is 9.66. The third-order valence-electron chi connectivity index (χ3n) is 7.28. The van der Waals surface area contributed by atoms with Gasteiger partial charge in [0, 0.05) is 34.1 Å². The van der Waals surface area contributed by atoms with Crippen LogP contribution in [0.15, 0.2) is 94.7 Å². The van der Waals surface area contributed by atoms with Gasteiger partial charge in [-0.05, 0) is 93.4 Å². The van der Waals surface area contributed by atoms with Gasteiger partial charge in [0.15, 0.2) is 12.2 Å². The average molecular weight is 731 g/mol. The minimum Gasteiger partial charge on any atom is -0.497 e. The molecule has 4 rings (SSSR count). The minimum absolute atomic E-state index is 0.108. The van der Waals surface area contributed by atoms with Crippen LogP contribution in [-0.4, -0.2) is 53.0 Å². The van der Waals surface area contributed by atoms with Gasteiger partial charge in [-0.3, -0.25) is 0 Å². The molecule has 268 valence electrons. The summed E-state index contributed by atoms with van der Waals surface area (Å²) in [4.78, 5) is 25.0. The lowest BCUT2D eigenvalue weighted by molar-refractivity contribution is -0.146. The summed E-state index contributed by atoms with van der Waals surface area (Å²) in [5.41, 5.74) is 3.77. The number of aryl methyl sites for hydroxylation is 4. The van der Waals surface area contributed by atoms with Gasteiger partial charge in [0.05, 0.1) is 12.7 Å². The lowest BCUT2D eigenvalue weighted by Gasteiger charge is -2.16. The maximum absolute atomic E-state index is 12.7. The molecule has 0 aromatic heterocycles. The monoisotopic (exact) mass is 730 g/mol.